The topological polar surface area (TPSA) is 81.2 Å². The molecule has 2 amide bonds. The number of carbonyl (C=O) groups excluding carboxylic acids is 2. The van der Waals surface area contributed by atoms with Gasteiger partial charge in [0.2, 0.25) is 12.7 Å². The Balaban J connectivity index is 1.41. The summed E-state index contributed by atoms with van der Waals surface area (Å²) in [4.78, 5) is 33.0. The molecule has 0 spiro atoms. The van der Waals surface area contributed by atoms with Crippen LogP contribution in [0.25, 0.3) is 0 Å². The number of pyridine rings is 1. The molecule has 8 nitrogen and oxygen atoms in total. The Labute approximate surface area is 156 Å². The van der Waals surface area contributed by atoms with E-state index >= 15 is 0 Å². The second-order valence-corrected chi connectivity index (χ2v) is 6.21. The number of piperazine rings is 1. The van der Waals surface area contributed by atoms with Crippen molar-refractivity contribution in [3.05, 3.63) is 47.7 Å². The Kier molecular flexibility index (Phi) is 4.53. The SMILES string of the molecule is COc1ncccc1C(=O)N1CCN(C(=O)c2ccc3c(c2)OCO3)CC1. The molecule has 0 bridgehead atoms. The summed E-state index contributed by atoms with van der Waals surface area (Å²) < 4.78 is 15.8. The number of hydrogen-bond donors (Lipinski definition) is 0. The van der Waals surface area contributed by atoms with Gasteiger partial charge in [-0.05, 0) is 30.3 Å². The number of benzene rings is 1. The summed E-state index contributed by atoms with van der Waals surface area (Å²) in [5.74, 6) is 1.31. The fourth-order valence-corrected chi connectivity index (χ4v) is 3.21. The van der Waals surface area contributed by atoms with Crippen LogP contribution in [0.15, 0.2) is 36.5 Å². The molecular formula is C19H19N3O5. The van der Waals surface area contributed by atoms with E-state index in [2.05, 4.69) is 4.98 Å². The van der Waals surface area contributed by atoms with Gasteiger partial charge in [0.15, 0.2) is 11.5 Å². The summed E-state index contributed by atoms with van der Waals surface area (Å²) in [6.45, 7) is 2.00. The number of hydrogen-bond acceptors (Lipinski definition) is 6. The van der Waals surface area contributed by atoms with Crippen LogP contribution in [0.5, 0.6) is 17.4 Å². The molecule has 0 atom stereocenters. The summed E-state index contributed by atoms with van der Waals surface area (Å²) in [5, 5.41) is 0. The number of ether oxygens (including phenoxy) is 3. The Hall–Kier alpha value is -3.29. The molecule has 1 fully saturated rings. The zero-order valence-corrected chi connectivity index (χ0v) is 14.9. The maximum atomic E-state index is 12.7. The molecule has 0 N–H and O–H groups in total. The quantitative estimate of drug-likeness (QED) is 0.814. The van der Waals surface area contributed by atoms with E-state index in [0.29, 0.717) is 54.7 Å². The Bertz CT molecular complexity index is 877. The zero-order valence-electron chi connectivity index (χ0n) is 14.9. The van der Waals surface area contributed by atoms with Crippen molar-refractivity contribution in [2.75, 3.05) is 40.1 Å². The number of amides is 2. The predicted molar refractivity (Wildman–Crippen MR) is 95.2 cm³/mol. The highest BCUT2D eigenvalue weighted by Gasteiger charge is 2.28. The van der Waals surface area contributed by atoms with Gasteiger partial charge in [0, 0.05) is 37.9 Å². The van der Waals surface area contributed by atoms with Crippen LogP contribution < -0.4 is 14.2 Å². The maximum absolute atomic E-state index is 12.7. The summed E-state index contributed by atoms with van der Waals surface area (Å²) in [6, 6.07) is 8.56. The van der Waals surface area contributed by atoms with Crippen molar-refractivity contribution in [1.29, 1.82) is 0 Å². The molecule has 8 heteroatoms. The minimum Gasteiger partial charge on any atom is -0.480 e. The zero-order chi connectivity index (χ0) is 18.8. The predicted octanol–water partition coefficient (Wildman–Crippen LogP) is 1.42. The van der Waals surface area contributed by atoms with Crippen LogP contribution in [0.3, 0.4) is 0 Å². The van der Waals surface area contributed by atoms with E-state index < -0.39 is 0 Å². The van der Waals surface area contributed by atoms with Gasteiger partial charge in [-0.2, -0.15) is 0 Å². The average molecular weight is 369 g/mol. The van der Waals surface area contributed by atoms with Gasteiger partial charge in [-0.25, -0.2) is 4.98 Å². The molecule has 1 saturated heterocycles. The van der Waals surface area contributed by atoms with Crippen LogP contribution in [-0.4, -0.2) is 66.7 Å². The minimum absolute atomic E-state index is 0.0839. The Morgan fingerprint density at radius 2 is 1.70 bits per heavy atom. The fourth-order valence-electron chi connectivity index (χ4n) is 3.21. The number of rotatable bonds is 3. The van der Waals surface area contributed by atoms with Crippen molar-refractivity contribution < 1.29 is 23.8 Å². The number of nitrogens with zero attached hydrogens (tertiary/aromatic N) is 3. The number of aromatic nitrogens is 1. The first-order valence-electron chi connectivity index (χ1n) is 8.64. The van der Waals surface area contributed by atoms with Gasteiger partial charge in [0.25, 0.3) is 11.8 Å². The molecule has 3 heterocycles. The van der Waals surface area contributed by atoms with Gasteiger partial charge in [0.05, 0.1) is 7.11 Å². The van der Waals surface area contributed by atoms with Crippen molar-refractivity contribution >= 4 is 11.8 Å². The normalized spacial score (nSPS) is 15.6. The van der Waals surface area contributed by atoms with Gasteiger partial charge in [-0.1, -0.05) is 0 Å². The van der Waals surface area contributed by atoms with Crippen molar-refractivity contribution in [1.82, 2.24) is 14.8 Å². The lowest BCUT2D eigenvalue weighted by Crippen LogP contribution is -2.50. The largest absolute Gasteiger partial charge is 0.480 e. The van der Waals surface area contributed by atoms with Crippen molar-refractivity contribution in [2.45, 2.75) is 0 Å². The third-order valence-electron chi connectivity index (χ3n) is 4.67. The molecule has 0 unspecified atom stereocenters. The van der Waals surface area contributed by atoms with Gasteiger partial charge >= 0.3 is 0 Å². The lowest BCUT2D eigenvalue weighted by molar-refractivity contribution is 0.0533. The molecule has 2 aliphatic heterocycles. The monoisotopic (exact) mass is 369 g/mol. The van der Waals surface area contributed by atoms with Gasteiger partial charge in [-0.3, -0.25) is 9.59 Å². The highest BCUT2D eigenvalue weighted by molar-refractivity contribution is 5.97. The summed E-state index contributed by atoms with van der Waals surface area (Å²) in [5.41, 5.74) is 0.975. The van der Waals surface area contributed by atoms with E-state index in [-0.39, 0.29) is 18.6 Å². The third kappa shape index (κ3) is 3.25. The maximum Gasteiger partial charge on any atom is 0.259 e. The highest BCUT2D eigenvalue weighted by atomic mass is 16.7. The number of carbonyl (C=O) groups is 2. The number of methoxy groups -OCH3 is 1. The molecule has 2 aliphatic rings. The summed E-state index contributed by atoms with van der Waals surface area (Å²) >= 11 is 0. The van der Waals surface area contributed by atoms with Crippen molar-refractivity contribution in [3.8, 4) is 17.4 Å². The fraction of sp³-hybridized carbons (Fsp3) is 0.316. The molecule has 2 aromatic rings. The Morgan fingerprint density at radius 3 is 2.44 bits per heavy atom. The van der Waals surface area contributed by atoms with E-state index in [0.717, 1.165) is 0 Å². The van der Waals surface area contributed by atoms with Gasteiger partial charge < -0.3 is 24.0 Å². The molecule has 0 aliphatic carbocycles. The van der Waals surface area contributed by atoms with E-state index in [1.807, 2.05) is 0 Å². The second kappa shape index (κ2) is 7.14. The summed E-state index contributed by atoms with van der Waals surface area (Å²) in [6.07, 6.45) is 1.58. The van der Waals surface area contributed by atoms with Gasteiger partial charge in [0.1, 0.15) is 5.56 Å². The molecule has 1 aromatic heterocycles. The van der Waals surface area contributed by atoms with Crippen LogP contribution in [0.4, 0.5) is 0 Å². The molecule has 0 saturated carbocycles. The lowest BCUT2D eigenvalue weighted by Gasteiger charge is -2.35. The van der Waals surface area contributed by atoms with Crippen molar-refractivity contribution in [2.24, 2.45) is 0 Å². The van der Waals surface area contributed by atoms with E-state index in [4.69, 9.17) is 14.2 Å². The standard InChI is InChI=1S/C19H19N3O5/c1-25-17-14(3-2-6-20-17)19(24)22-9-7-21(8-10-22)18(23)13-4-5-15-16(11-13)27-12-26-15/h2-6,11H,7-10,12H2,1H3. The molecular weight excluding hydrogens is 350 g/mol. The minimum atomic E-state index is -0.143. The van der Waals surface area contributed by atoms with E-state index in [9.17, 15) is 9.59 Å². The molecule has 140 valence electrons. The number of fused-ring (bicyclic) bond motifs is 1. The van der Waals surface area contributed by atoms with Crippen LogP contribution in [0.1, 0.15) is 20.7 Å². The first kappa shape index (κ1) is 17.1. The Morgan fingerprint density at radius 1 is 1.00 bits per heavy atom. The molecule has 1 aromatic carbocycles. The van der Waals surface area contributed by atoms with Crippen LogP contribution in [-0.2, 0) is 0 Å². The smallest absolute Gasteiger partial charge is 0.259 e. The van der Waals surface area contributed by atoms with Gasteiger partial charge in [-0.15, -0.1) is 0 Å². The lowest BCUT2D eigenvalue weighted by atomic mass is 10.1. The van der Waals surface area contributed by atoms with E-state index in [1.165, 1.54) is 7.11 Å². The molecule has 27 heavy (non-hydrogen) atoms. The molecule has 4 rings (SSSR count). The molecule has 0 radical (unpaired) electrons. The van der Waals surface area contributed by atoms with Crippen LogP contribution in [0.2, 0.25) is 0 Å². The third-order valence-corrected chi connectivity index (χ3v) is 4.67. The van der Waals surface area contributed by atoms with Crippen LogP contribution >= 0.6 is 0 Å². The average Bonchev–Trinajstić information content (AvgIpc) is 3.20. The summed E-state index contributed by atoms with van der Waals surface area (Å²) in [7, 11) is 1.49. The van der Waals surface area contributed by atoms with Crippen molar-refractivity contribution in [3.63, 3.8) is 0 Å². The first-order chi connectivity index (χ1) is 13.2. The highest BCUT2D eigenvalue weighted by Crippen LogP contribution is 2.32. The second-order valence-electron chi connectivity index (χ2n) is 6.21. The van der Waals surface area contributed by atoms with Crippen LogP contribution in [0, 0.1) is 0 Å². The van der Waals surface area contributed by atoms with E-state index in [1.54, 1.807) is 46.3 Å². The first-order valence-corrected chi connectivity index (χ1v) is 8.64.